The maximum Gasteiger partial charge on any atom is 0.320 e. The highest BCUT2D eigenvalue weighted by Crippen LogP contribution is 2.32. The number of benzene rings is 1. The third kappa shape index (κ3) is 3.84. The third-order valence-electron chi connectivity index (χ3n) is 6.22. The average Bonchev–Trinajstić information content (AvgIpc) is 3.22. The summed E-state index contributed by atoms with van der Waals surface area (Å²) >= 11 is 0. The van der Waals surface area contributed by atoms with Crippen molar-refractivity contribution >= 4 is 16.7 Å². The van der Waals surface area contributed by atoms with Gasteiger partial charge in [-0.1, -0.05) is 0 Å². The highest BCUT2D eigenvalue weighted by Gasteiger charge is 2.26. The van der Waals surface area contributed by atoms with Crippen molar-refractivity contribution in [3.8, 4) is 11.8 Å². The van der Waals surface area contributed by atoms with Crippen LogP contribution in [0.3, 0.4) is 0 Å². The Hall–Kier alpha value is -2.75. The summed E-state index contributed by atoms with van der Waals surface area (Å²) in [7, 11) is 1.57. The Bertz CT molecular complexity index is 1080. The molecule has 9 nitrogen and oxygen atoms in total. The van der Waals surface area contributed by atoms with Crippen LogP contribution in [0.25, 0.3) is 16.7 Å². The number of rotatable bonds is 4. The molecule has 0 unspecified atom stereocenters. The zero-order valence-electron chi connectivity index (χ0n) is 17.9. The molecular formula is C22H28N6O3. The largest absolute Gasteiger partial charge is 0.467 e. The van der Waals surface area contributed by atoms with Crippen LogP contribution >= 0.6 is 0 Å². The molecule has 0 amide bonds. The Morgan fingerprint density at radius 1 is 1.16 bits per heavy atom. The molecule has 0 saturated carbocycles. The fourth-order valence-electron chi connectivity index (χ4n) is 4.55. The lowest BCUT2D eigenvalue weighted by molar-refractivity contribution is 0.118. The molecule has 31 heavy (non-hydrogen) atoms. The number of morpholine rings is 1. The third-order valence-corrected chi connectivity index (χ3v) is 6.22. The zero-order valence-corrected chi connectivity index (χ0v) is 17.9. The molecule has 2 aromatic heterocycles. The van der Waals surface area contributed by atoms with Crippen molar-refractivity contribution in [1.82, 2.24) is 25.1 Å². The lowest BCUT2D eigenvalue weighted by atomic mass is 9.85. The van der Waals surface area contributed by atoms with Crippen molar-refractivity contribution in [2.45, 2.75) is 25.4 Å². The van der Waals surface area contributed by atoms with Crippen LogP contribution in [0.2, 0.25) is 0 Å². The summed E-state index contributed by atoms with van der Waals surface area (Å²) in [4.78, 5) is 11.3. The van der Waals surface area contributed by atoms with E-state index < -0.39 is 6.10 Å². The lowest BCUT2D eigenvalue weighted by Crippen LogP contribution is -2.39. The number of methoxy groups -OCH3 is 1. The van der Waals surface area contributed by atoms with Crippen LogP contribution in [0.4, 0.5) is 5.82 Å². The highest BCUT2D eigenvalue weighted by atomic mass is 16.5. The molecule has 2 fully saturated rings. The van der Waals surface area contributed by atoms with Crippen molar-refractivity contribution < 1.29 is 14.6 Å². The smallest absolute Gasteiger partial charge is 0.320 e. The molecule has 5 rings (SSSR count). The Morgan fingerprint density at radius 3 is 2.74 bits per heavy atom. The van der Waals surface area contributed by atoms with E-state index in [-0.39, 0.29) is 5.92 Å². The Kier molecular flexibility index (Phi) is 5.47. The van der Waals surface area contributed by atoms with Crippen molar-refractivity contribution in [3.05, 3.63) is 35.5 Å². The van der Waals surface area contributed by atoms with Gasteiger partial charge in [0.25, 0.3) is 0 Å². The standard InChI is InChI=1S/C22H28N6O3/c1-14-9-15-12-24-28(18(15)10-17(14)16-3-4-23-13-19(16)29)21-11-20(25-22(26-21)30-2)27-5-7-31-8-6-27/h9-12,16,19,23,29H,3-8,13H2,1-2H3/t16-,19+/m0/s1. The first-order chi connectivity index (χ1) is 15.1. The van der Waals surface area contributed by atoms with Crippen molar-refractivity contribution in [2.24, 2.45) is 0 Å². The number of piperidine rings is 1. The number of hydrogen-bond donors (Lipinski definition) is 2. The SMILES string of the molecule is COc1nc(N2CCOCC2)cc(-n2ncc3cc(C)c([C@@H]4CCNC[C@H]4O)cc32)n1. The second kappa shape index (κ2) is 8.41. The fraction of sp³-hybridized carbons (Fsp3) is 0.500. The summed E-state index contributed by atoms with van der Waals surface area (Å²) < 4.78 is 12.7. The Balaban J connectivity index is 1.59. The summed E-state index contributed by atoms with van der Waals surface area (Å²) in [5.74, 6) is 1.57. The lowest BCUT2D eigenvalue weighted by Gasteiger charge is -2.30. The second-order valence-electron chi connectivity index (χ2n) is 8.16. The average molecular weight is 425 g/mol. The van der Waals surface area contributed by atoms with Gasteiger partial charge in [0.15, 0.2) is 5.82 Å². The summed E-state index contributed by atoms with van der Waals surface area (Å²) in [5.41, 5.74) is 3.30. The van der Waals surface area contributed by atoms with Gasteiger partial charge in [0.05, 0.1) is 38.1 Å². The number of aliphatic hydroxyl groups is 1. The Labute approximate surface area is 181 Å². The van der Waals surface area contributed by atoms with Crippen LogP contribution in [0.5, 0.6) is 6.01 Å². The number of β-amino-alcohol motifs (C(OH)–C–C–N with tert-alkyl or cyclic N) is 1. The molecule has 2 N–H and O–H groups in total. The normalized spacial score (nSPS) is 22.1. The number of aromatic nitrogens is 4. The number of aryl methyl sites for hydroxylation is 1. The molecule has 0 bridgehead atoms. The minimum absolute atomic E-state index is 0.109. The van der Waals surface area contributed by atoms with Gasteiger partial charge in [-0.15, -0.1) is 0 Å². The summed E-state index contributed by atoms with van der Waals surface area (Å²) in [6, 6.07) is 6.55. The first-order valence-corrected chi connectivity index (χ1v) is 10.8. The van der Waals surface area contributed by atoms with E-state index in [1.165, 1.54) is 5.56 Å². The maximum absolute atomic E-state index is 10.6. The summed E-state index contributed by atoms with van der Waals surface area (Å²) in [6.45, 7) is 6.52. The van der Waals surface area contributed by atoms with E-state index in [9.17, 15) is 5.11 Å². The predicted octanol–water partition coefficient (Wildman–Crippen LogP) is 1.41. The van der Waals surface area contributed by atoms with Gasteiger partial charge in [0, 0.05) is 37.0 Å². The van der Waals surface area contributed by atoms with Gasteiger partial charge >= 0.3 is 6.01 Å². The van der Waals surface area contributed by atoms with Gasteiger partial charge in [-0.25, -0.2) is 4.68 Å². The van der Waals surface area contributed by atoms with E-state index in [0.717, 1.165) is 48.3 Å². The molecule has 2 aliphatic heterocycles. The van der Waals surface area contributed by atoms with E-state index in [2.05, 4.69) is 44.3 Å². The minimum atomic E-state index is -0.395. The van der Waals surface area contributed by atoms with Gasteiger partial charge in [-0.3, -0.25) is 0 Å². The molecule has 9 heteroatoms. The van der Waals surface area contributed by atoms with E-state index in [0.29, 0.717) is 31.6 Å². The molecule has 0 spiro atoms. The molecule has 164 valence electrons. The quantitative estimate of drug-likeness (QED) is 0.649. The van der Waals surface area contributed by atoms with Crippen LogP contribution in [-0.2, 0) is 4.74 Å². The van der Waals surface area contributed by atoms with Crippen molar-refractivity contribution in [2.75, 3.05) is 51.4 Å². The van der Waals surface area contributed by atoms with Crippen molar-refractivity contribution in [3.63, 3.8) is 0 Å². The molecule has 2 atom stereocenters. The number of hydrogen-bond acceptors (Lipinski definition) is 8. The number of anilines is 1. The van der Waals surface area contributed by atoms with Crippen LogP contribution in [0, 0.1) is 6.92 Å². The van der Waals surface area contributed by atoms with Gasteiger partial charge < -0.3 is 24.8 Å². The van der Waals surface area contributed by atoms with E-state index in [4.69, 9.17) is 9.47 Å². The van der Waals surface area contributed by atoms with E-state index in [1.54, 1.807) is 7.11 Å². The molecule has 0 aliphatic carbocycles. The fourth-order valence-corrected chi connectivity index (χ4v) is 4.55. The minimum Gasteiger partial charge on any atom is -0.467 e. The molecule has 2 saturated heterocycles. The molecule has 0 radical (unpaired) electrons. The second-order valence-corrected chi connectivity index (χ2v) is 8.16. The number of fused-ring (bicyclic) bond motifs is 1. The van der Waals surface area contributed by atoms with Crippen molar-refractivity contribution in [1.29, 1.82) is 0 Å². The number of aliphatic hydroxyl groups excluding tert-OH is 1. The number of ether oxygens (including phenoxy) is 2. The number of nitrogens with zero attached hydrogens (tertiary/aromatic N) is 5. The molecule has 3 aromatic rings. The maximum atomic E-state index is 10.6. The molecule has 4 heterocycles. The first kappa shape index (κ1) is 20.2. The monoisotopic (exact) mass is 424 g/mol. The summed E-state index contributed by atoms with van der Waals surface area (Å²) in [5, 5.41) is 19.5. The predicted molar refractivity (Wildman–Crippen MR) is 117 cm³/mol. The van der Waals surface area contributed by atoms with Gasteiger partial charge in [-0.2, -0.15) is 15.1 Å². The van der Waals surface area contributed by atoms with Gasteiger partial charge in [0.2, 0.25) is 0 Å². The summed E-state index contributed by atoms with van der Waals surface area (Å²) in [6.07, 6.45) is 2.37. The van der Waals surface area contributed by atoms with Crippen LogP contribution in [0.15, 0.2) is 24.4 Å². The number of nitrogens with one attached hydrogen (secondary N) is 1. The zero-order chi connectivity index (χ0) is 21.4. The van der Waals surface area contributed by atoms with Gasteiger partial charge in [0.1, 0.15) is 5.82 Å². The van der Waals surface area contributed by atoms with Crippen LogP contribution < -0.4 is 15.0 Å². The van der Waals surface area contributed by atoms with Gasteiger partial charge in [-0.05, 0) is 43.1 Å². The first-order valence-electron chi connectivity index (χ1n) is 10.8. The highest BCUT2D eigenvalue weighted by molar-refractivity contribution is 5.82. The topological polar surface area (TPSA) is 97.6 Å². The molecule has 2 aliphatic rings. The van der Waals surface area contributed by atoms with Crippen LogP contribution in [-0.4, -0.2) is 77.5 Å². The molecular weight excluding hydrogens is 396 g/mol. The Morgan fingerprint density at radius 2 is 1.97 bits per heavy atom. The van der Waals surface area contributed by atoms with E-state index in [1.807, 2.05) is 16.9 Å². The molecule has 1 aromatic carbocycles. The van der Waals surface area contributed by atoms with Crippen LogP contribution in [0.1, 0.15) is 23.5 Å². The van der Waals surface area contributed by atoms with E-state index >= 15 is 0 Å².